The molecule has 4 heterocycles. The van der Waals surface area contributed by atoms with Crippen molar-refractivity contribution in [2.24, 2.45) is 7.05 Å². The van der Waals surface area contributed by atoms with Crippen LogP contribution in [0.5, 0.6) is 0 Å². The average molecular weight is 422 g/mol. The molecule has 0 saturated carbocycles. The Morgan fingerprint density at radius 1 is 1.27 bits per heavy atom. The van der Waals surface area contributed by atoms with E-state index in [1.54, 1.807) is 6.20 Å². The first-order valence-electron chi connectivity index (χ1n) is 10.4. The van der Waals surface area contributed by atoms with Crippen molar-refractivity contribution in [3.8, 4) is 0 Å². The topological polar surface area (TPSA) is 81.4 Å². The molecule has 1 N–H and O–H groups in total. The van der Waals surface area contributed by atoms with Gasteiger partial charge in [0.15, 0.2) is 0 Å². The van der Waals surface area contributed by atoms with Crippen LogP contribution in [0.1, 0.15) is 43.9 Å². The van der Waals surface area contributed by atoms with Crippen LogP contribution < -0.4 is 5.32 Å². The van der Waals surface area contributed by atoms with Crippen LogP contribution in [0.3, 0.4) is 0 Å². The third kappa shape index (κ3) is 4.09. The third-order valence-corrected chi connectivity index (χ3v) is 6.20. The maximum atomic E-state index is 4.81. The molecular weight excluding hydrogens is 394 g/mol. The number of hydrogen-bond donors (Lipinski definition) is 1. The number of rotatable bonds is 3. The number of aryl methyl sites for hydroxylation is 2. The molecule has 7 nitrogen and oxygen atoms in total. The minimum Gasteiger partial charge on any atom is -0.324 e. The molecule has 1 aromatic carbocycles. The SMILES string of the molecule is CCC.Cc1cc2nnccc2cc1Nc1ncc2c(n1)c(C1CCSC1)nn2C. The lowest BCUT2D eigenvalue weighted by Gasteiger charge is -2.10. The highest BCUT2D eigenvalue weighted by Gasteiger charge is 2.24. The number of benzene rings is 1. The maximum absolute atomic E-state index is 4.81. The number of anilines is 2. The summed E-state index contributed by atoms with van der Waals surface area (Å²) in [7, 11) is 1.96. The molecule has 0 radical (unpaired) electrons. The van der Waals surface area contributed by atoms with Gasteiger partial charge in [0, 0.05) is 29.8 Å². The van der Waals surface area contributed by atoms with E-state index >= 15 is 0 Å². The van der Waals surface area contributed by atoms with Crippen LogP contribution in [-0.4, -0.2) is 41.5 Å². The van der Waals surface area contributed by atoms with Crippen LogP contribution in [0.15, 0.2) is 30.6 Å². The molecule has 0 bridgehead atoms. The van der Waals surface area contributed by atoms with E-state index in [-0.39, 0.29) is 0 Å². The Labute approximate surface area is 180 Å². The maximum Gasteiger partial charge on any atom is 0.227 e. The van der Waals surface area contributed by atoms with Crippen molar-refractivity contribution in [2.75, 3.05) is 16.8 Å². The average Bonchev–Trinajstić information content (AvgIpc) is 3.37. The van der Waals surface area contributed by atoms with Crippen molar-refractivity contribution >= 4 is 45.3 Å². The molecule has 5 rings (SSSR count). The summed E-state index contributed by atoms with van der Waals surface area (Å²) in [4.78, 5) is 9.32. The van der Waals surface area contributed by atoms with Crippen molar-refractivity contribution in [3.05, 3.63) is 41.9 Å². The highest BCUT2D eigenvalue weighted by atomic mass is 32.2. The zero-order valence-electron chi connectivity index (χ0n) is 17.9. The van der Waals surface area contributed by atoms with Crippen molar-refractivity contribution in [1.82, 2.24) is 29.9 Å². The number of aromatic nitrogens is 6. The van der Waals surface area contributed by atoms with Crippen LogP contribution in [-0.2, 0) is 7.05 Å². The molecule has 1 atom stereocenters. The summed E-state index contributed by atoms with van der Waals surface area (Å²) in [5.41, 5.74) is 5.94. The third-order valence-electron chi connectivity index (χ3n) is 5.04. The molecule has 1 fully saturated rings. The standard InChI is InChI=1S/C19H19N7S.C3H8/c1-11-7-15-12(3-5-21-24-15)8-14(11)22-19-20-9-16-18(23-19)17(25-26(16)2)13-4-6-27-10-13;1-3-2/h3,5,7-9,13H,4,6,10H2,1-2H3,(H,20,22,23);3H2,1-2H3. The van der Waals surface area contributed by atoms with E-state index in [9.17, 15) is 0 Å². The summed E-state index contributed by atoms with van der Waals surface area (Å²) in [5.74, 6) is 3.37. The lowest BCUT2D eigenvalue weighted by Crippen LogP contribution is -2.01. The zero-order valence-corrected chi connectivity index (χ0v) is 18.7. The minimum atomic E-state index is 0.474. The largest absolute Gasteiger partial charge is 0.324 e. The number of fused-ring (bicyclic) bond motifs is 2. The van der Waals surface area contributed by atoms with Gasteiger partial charge in [-0.05, 0) is 42.9 Å². The minimum absolute atomic E-state index is 0.474. The molecule has 1 aliphatic rings. The second-order valence-electron chi connectivity index (χ2n) is 7.59. The van der Waals surface area contributed by atoms with Crippen LogP contribution in [0.4, 0.5) is 11.6 Å². The molecule has 1 saturated heterocycles. The first-order chi connectivity index (χ1) is 14.6. The highest BCUT2D eigenvalue weighted by molar-refractivity contribution is 7.99. The normalized spacial score (nSPS) is 15.9. The molecule has 4 aromatic rings. The number of thioether (sulfide) groups is 1. The monoisotopic (exact) mass is 421 g/mol. The predicted molar refractivity (Wildman–Crippen MR) is 125 cm³/mol. The van der Waals surface area contributed by atoms with E-state index in [0.717, 1.165) is 51.1 Å². The van der Waals surface area contributed by atoms with Gasteiger partial charge >= 0.3 is 0 Å². The highest BCUT2D eigenvalue weighted by Crippen LogP contribution is 2.35. The number of hydrogen-bond acceptors (Lipinski definition) is 7. The smallest absolute Gasteiger partial charge is 0.227 e. The van der Waals surface area contributed by atoms with Gasteiger partial charge in [-0.1, -0.05) is 20.3 Å². The molecule has 30 heavy (non-hydrogen) atoms. The van der Waals surface area contributed by atoms with Crippen molar-refractivity contribution < 1.29 is 0 Å². The van der Waals surface area contributed by atoms with E-state index in [1.807, 2.05) is 48.7 Å². The summed E-state index contributed by atoms with van der Waals surface area (Å²) in [5, 5.41) is 17.3. The van der Waals surface area contributed by atoms with Gasteiger partial charge in [-0.2, -0.15) is 27.1 Å². The summed E-state index contributed by atoms with van der Waals surface area (Å²) in [6, 6.07) is 6.03. The fraction of sp³-hybridized carbons (Fsp3) is 0.409. The molecule has 0 amide bonds. The predicted octanol–water partition coefficient (Wildman–Crippen LogP) is 5.00. The Balaban J connectivity index is 0.000000687. The van der Waals surface area contributed by atoms with Gasteiger partial charge < -0.3 is 5.32 Å². The van der Waals surface area contributed by atoms with E-state index < -0.39 is 0 Å². The van der Waals surface area contributed by atoms with E-state index in [0.29, 0.717) is 11.9 Å². The summed E-state index contributed by atoms with van der Waals surface area (Å²) in [6.45, 7) is 6.29. The van der Waals surface area contributed by atoms with Crippen LogP contribution >= 0.6 is 11.8 Å². The first-order valence-corrected chi connectivity index (χ1v) is 11.5. The van der Waals surface area contributed by atoms with Gasteiger partial charge in [-0.15, -0.1) is 0 Å². The van der Waals surface area contributed by atoms with Crippen molar-refractivity contribution in [3.63, 3.8) is 0 Å². The Morgan fingerprint density at radius 3 is 2.87 bits per heavy atom. The fourth-order valence-corrected chi connectivity index (χ4v) is 4.77. The van der Waals surface area contributed by atoms with E-state index in [1.165, 1.54) is 12.2 Å². The molecule has 1 unspecified atom stereocenters. The van der Waals surface area contributed by atoms with Crippen LogP contribution in [0.2, 0.25) is 0 Å². The van der Waals surface area contributed by atoms with Gasteiger partial charge in [0.2, 0.25) is 5.95 Å². The summed E-state index contributed by atoms with van der Waals surface area (Å²) >= 11 is 1.99. The van der Waals surface area contributed by atoms with Gasteiger partial charge in [0.25, 0.3) is 0 Å². The Kier molecular flexibility index (Phi) is 6.13. The number of nitrogens with zero attached hydrogens (tertiary/aromatic N) is 6. The molecule has 3 aromatic heterocycles. The van der Waals surface area contributed by atoms with Gasteiger partial charge in [-0.25, -0.2) is 9.97 Å². The molecule has 0 aliphatic carbocycles. The first kappa shape index (κ1) is 20.5. The van der Waals surface area contributed by atoms with E-state index in [4.69, 9.17) is 10.1 Å². The summed E-state index contributed by atoms with van der Waals surface area (Å²) in [6.07, 6.45) is 5.96. The Hall–Kier alpha value is -2.74. The van der Waals surface area contributed by atoms with Crippen LogP contribution in [0.25, 0.3) is 21.9 Å². The Bertz CT molecular complexity index is 1170. The zero-order chi connectivity index (χ0) is 21.1. The molecule has 156 valence electrons. The van der Waals surface area contributed by atoms with Gasteiger partial charge in [0.1, 0.15) is 11.0 Å². The molecule has 1 aliphatic heterocycles. The van der Waals surface area contributed by atoms with E-state index in [2.05, 4.69) is 40.4 Å². The quantitative estimate of drug-likeness (QED) is 0.499. The van der Waals surface area contributed by atoms with Gasteiger partial charge in [0.05, 0.1) is 23.6 Å². The van der Waals surface area contributed by atoms with Crippen molar-refractivity contribution in [2.45, 2.75) is 39.5 Å². The van der Waals surface area contributed by atoms with Crippen LogP contribution in [0, 0.1) is 6.92 Å². The second-order valence-corrected chi connectivity index (χ2v) is 8.74. The van der Waals surface area contributed by atoms with Crippen molar-refractivity contribution in [1.29, 1.82) is 0 Å². The Morgan fingerprint density at radius 2 is 2.10 bits per heavy atom. The van der Waals surface area contributed by atoms with Gasteiger partial charge in [-0.3, -0.25) is 4.68 Å². The fourth-order valence-electron chi connectivity index (χ4n) is 3.54. The molecular formula is C22H27N7S. The molecule has 8 heteroatoms. The lowest BCUT2D eigenvalue weighted by molar-refractivity contribution is 0.699. The molecule has 0 spiro atoms. The lowest BCUT2D eigenvalue weighted by atomic mass is 10.0. The summed E-state index contributed by atoms with van der Waals surface area (Å²) < 4.78 is 1.89. The second kappa shape index (κ2) is 8.95. The number of nitrogens with one attached hydrogen (secondary N) is 1.